The minimum absolute atomic E-state index is 0.154. The van der Waals surface area contributed by atoms with Gasteiger partial charge in [-0.3, -0.25) is 0 Å². The number of rotatable bonds is 25. The molecule has 1 saturated heterocycles. The maximum atomic E-state index is 7.13. The molecule has 0 spiro atoms. The highest BCUT2D eigenvalue weighted by atomic mass is 127. The zero-order chi connectivity index (χ0) is 28.3. The van der Waals surface area contributed by atoms with Gasteiger partial charge in [-0.2, -0.15) is 0 Å². The Hall–Kier alpha value is 0.780. The van der Waals surface area contributed by atoms with E-state index in [0.29, 0.717) is 5.92 Å². The fourth-order valence-electron chi connectivity index (χ4n) is 6.20. The Morgan fingerprint density at radius 1 is 0.711 bits per heavy atom. The Morgan fingerprint density at radius 2 is 1.13 bits per heavy atom. The molecule has 0 bridgehead atoms. The average Bonchev–Trinajstić information content (AvgIpc) is 3.09. The lowest BCUT2D eigenvalue weighted by molar-refractivity contribution is -0.125. The van der Waals surface area contributed by atoms with Crippen LogP contribution in [0.5, 0.6) is 0 Å². The minimum atomic E-state index is -0.452. The molecule has 5 atom stereocenters. The van der Waals surface area contributed by atoms with Crippen molar-refractivity contribution in [3.05, 3.63) is 0 Å². The highest BCUT2D eigenvalue weighted by molar-refractivity contribution is 14.1. The van der Waals surface area contributed by atoms with E-state index < -0.39 is 9.61 Å². The summed E-state index contributed by atoms with van der Waals surface area (Å²) in [5, 5.41) is 0. The van der Waals surface area contributed by atoms with Gasteiger partial charge in [0.15, 0.2) is 0 Å². The lowest BCUT2D eigenvalue weighted by Crippen LogP contribution is -2.45. The van der Waals surface area contributed by atoms with E-state index in [4.69, 9.17) is 25.2 Å². The van der Waals surface area contributed by atoms with Gasteiger partial charge in [0.1, 0.15) is 11.5 Å². The number of alkyl halides is 1. The first-order chi connectivity index (χ1) is 18.2. The first-order valence-corrected chi connectivity index (χ1v) is 17.9. The first kappa shape index (κ1) is 36.8. The van der Waals surface area contributed by atoms with Gasteiger partial charge >= 0.3 is 0 Å². The van der Waals surface area contributed by atoms with Crippen molar-refractivity contribution in [1.29, 1.82) is 0 Å². The van der Waals surface area contributed by atoms with E-state index in [2.05, 4.69) is 57.2 Å². The molecule has 5 heteroatoms. The van der Waals surface area contributed by atoms with Gasteiger partial charge in [0, 0.05) is 6.00 Å². The number of unbranched alkanes of at least 4 members (excludes halogenated alkanes) is 13. The van der Waals surface area contributed by atoms with E-state index in [1.807, 2.05) is 0 Å². The number of hydrogen-bond donors (Lipinski definition) is 0. The summed E-state index contributed by atoms with van der Waals surface area (Å²) in [6, 6.07) is -0.452. The van der Waals surface area contributed by atoms with E-state index in [-0.39, 0.29) is 17.5 Å². The second kappa shape index (κ2) is 21.5. The molecular formula is C33H63B2IO2. The van der Waals surface area contributed by atoms with Crippen molar-refractivity contribution < 1.29 is 9.47 Å². The van der Waals surface area contributed by atoms with Crippen LogP contribution in [-0.2, 0) is 9.47 Å². The van der Waals surface area contributed by atoms with Crippen LogP contribution in [0.4, 0.5) is 0 Å². The molecule has 1 heterocycles. The molecule has 220 valence electrons. The lowest BCUT2D eigenvalue weighted by atomic mass is 9.70. The fraction of sp³-hybridized carbons (Fsp3) is 1.00. The van der Waals surface area contributed by atoms with E-state index in [0.717, 1.165) is 19.3 Å². The molecule has 1 fully saturated rings. The van der Waals surface area contributed by atoms with E-state index >= 15 is 0 Å². The van der Waals surface area contributed by atoms with Crippen LogP contribution in [0, 0.1) is 5.92 Å². The third-order valence-corrected chi connectivity index (χ3v) is 10.1. The van der Waals surface area contributed by atoms with Crippen molar-refractivity contribution in [1.82, 2.24) is 0 Å². The average molecular weight is 640 g/mol. The maximum absolute atomic E-state index is 7.13. The first-order valence-electron chi connectivity index (χ1n) is 16.8. The van der Waals surface area contributed by atoms with Crippen LogP contribution in [0.3, 0.4) is 0 Å². The molecule has 0 aromatic carbocycles. The van der Waals surface area contributed by atoms with Gasteiger partial charge < -0.3 is 9.47 Å². The summed E-state index contributed by atoms with van der Waals surface area (Å²) >= 11 is 2.55. The third kappa shape index (κ3) is 14.6. The largest absolute Gasteiger partial charge is 0.369 e. The smallest absolute Gasteiger partial charge is 0.144 e. The topological polar surface area (TPSA) is 18.5 Å². The highest BCUT2D eigenvalue weighted by Gasteiger charge is 2.52. The molecule has 2 nitrogen and oxygen atoms in total. The minimum Gasteiger partial charge on any atom is -0.369 e. The van der Waals surface area contributed by atoms with Gasteiger partial charge in [-0.1, -0.05) is 150 Å². The van der Waals surface area contributed by atoms with Crippen molar-refractivity contribution in [3.8, 4) is 0 Å². The standard InChI is InChI=1S/C33H63B2IO2/c1-6-10-14-18-22-26-32(5,25-21-17-13-9-4)37-30-29(34)31(35)38-33(30,36)27-28(23-19-15-11-7-2)24-20-16-12-8-3/h28-31H,6-27H2,1-5H3. The van der Waals surface area contributed by atoms with Gasteiger partial charge in [0.2, 0.25) is 0 Å². The zero-order valence-corrected chi connectivity index (χ0v) is 28.4. The van der Waals surface area contributed by atoms with Crippen molar-refractivity contribution in [3.63, 3.8) is 0 Å². The van der Waals surface area contributed by atoms with Crippen molar-refractivity contribution >= 4 is 38.3 Å². The van der Waals surface area contributed by atoms with Crippen molar-refractivity contribution in [2.75, 3.05) is 0 Å². The van der Waals surface area contributed by atoms with E-state index in [9.17, 15) is 0 Å². The molecule has 0 aromatic rings. The van der Waals surface area contributed by atoms with Gasteiger partial charge in [0.05, 0.1) is 19.6 Å². The molecular weight excluding hydrogens is 577 g/mol. The second-order valence-electron chi connectivity index (χ2n) is 12.7. The third-order valence-electron chi connectivity index (χ3n) is 8.76. The Morgan fingerprint density at radius 3 is 1.61 bits per heavy atom. The Bertz CT molecular complexity index is 553. The predicted octanol–water partition coefficient (Wildman–Crippen LogP) is 11.0. The van der Waals surface area contributed by atoms with Gasteiger partial charge in [0.25, 0.3) is 0 Å². The Balaban J connectivity index is 2.97. The van der Waals surface area contributed by atoms with Crippen LogP contribution in [-0.4, -0.2) is 37.0 Å². The Kier molecular flexibility index (Phi) is 20.8. The van der Waals surface area contributed by atoms with Crippen LogP contribution in [0.1, 0.15) is 176 Å². The summed E-state index contributed by atoms with van der Waals surface area (Å²) in [7, 11) is 13.2. The highest BCUT2D eigenvalue weighted by Crippen LogP contribution is 2.50. The molecule has 0 saturated carbocycles. The van der Waals surface area contributed by atoms with Crippen LogP contribution >= 0.6 is 22.6 Å². The molecule has 0 N–H and O–H groups in total. The molecule has 1 aliphatic rings. The summed E-state index contributed by atoms with van der Waals surface area (Å²) in [4.78, 5) is 0. The summed E-state index contributed by atoms with van der Waals surface area (Å²) in [6.07, 6.45) is 27.7. The molecule has 0 amide bonds. The molecule has 1 rings (SSSR count). The van der Waals surface area contributed by atoms with E-state index in [1.165, 1.54) is 122 Å². The van der Waals surface area contributed by atoms with Crippen molar-refractivity contribution in [2.24, 2.45) is 5.92 Å². The van der Waals surface area contributed by atoms with Crippen LogP contribution < -0.4 is 0 Å². The predicted molar refractivity (Wildman–Crippen MR) is 178 cm³/mol. The number of ether oxygens (including phenoxy) is 2. The lowest BCUT2D eigenvalue weighted by Gasteiger charge is -2.41. The normalized spacial score (nSPS) is 25.3. The van der Waals surface area contributed by atoms with Gasteiger partial charge in [-0.15, -0.1) is 0 Å². The summed E-state index contributed by atoms with van der Waals surface area (Å²) in [5.41, 5.74) is -0.163. The quantitative estimate of drug-likeness (QED) is 0.0428. The van der Waals surface area contributed by atoms with Crippen LogP contribution in [0.25, 0.3) is 0 Å². The monoisotopic (exact) mass is 640 g/mol. The molecule has 0 aliphatic carbocycles. The molecule has 5 unspecified atom stereocenters. The Labute approximate surface area is 255 Å². The van der Waals surface area contributed by atoms with Crippen LogP contribution in [0.15, 0.2) is 0 Å². The summed E-state index contributed by atoms with van der Waals surface area (Å²) in [5.74, 6) is 0.372. The van der Waals surface area contributed by atoms with Gasteiger partial charge in [-0.25, -0.2) is 0 Å². The van der Waals surface area contributed by atoms with Gasteiger partial charge in [-0.05, 0) is 60.5 Å². The van der Waals surface area contributed by atoms with E-state index in [1.54, 1.807) is 0 Å². The summed E-state index contributed by atoms with van der Waals surface area (Å²) in [6.45, 7) is 11.5. The molecule has 1 aliphatic heterocycles. The van der Waals surface area contributed by atoms with Crippen molar-refractivity contribution in [2.45, 2.75) is 203 Å². The summed E-state index contributed by atoms with van der Waals surface area (Å²) < 4.78 is 13.2. The fourth-order valence-corrected chi connectivity index (χ4v) is 7.66. The molecule has 4 radical (unpaired) electrons. The number of hydrogen-bond acceptors (Lipinski definition) is 2. The van der Waals surface area contributed by atoms with Crippen LogP contribution in [0.2, 0.25) is 5.82 Å². The maximum Gasteiger partial charge on any atom is 0.144 e. The SMILES string of the molecule is [B]C1OC(I)(CC(CCCCCC)CCCCCC)C(OC(C)(CCCCCC)CCCCCCC)C1[B]. The second-order valence-corrected chi connectivity index (χ2v) is 14.5. The molecule has 0 aromatic heterocycles. The zero-order valence-electron chi connectivity index (χ0n) is 26.2. The number of halogens is 1. The molecule has 38 heavy (non-hydrogen) atoms.